The lowest BCUT2D eigenvalue weighted by atomic mass is 10.1. The molecule has 0 bridgehead atoms. The molecule has 0 atom stereocenters. The molecule has 3 N–H and O–H groups in total. The van der Waals surface area contributed by atoms with Crippen LogP contribution in [-0.2, 0) is 6.54 Å². The van der Waals surface area contributed by atoms with Gasteiger partial charge >= 0.3 is 0 Å². The Morgan fingerprint density at radius 3 is 2.42 bits per heavy atom. The number of aromatic nitrogens is 1. The van der Waals surface area contributed by atoms with Gasteiger partial charge in [0.1, 0.15) is 11.5 Å². The number of carbonyl (C=O) groups excluding carboxylic acids is 2. The molecule has 4 rings (SSSR count). The normalized spacial score (nSPS) is 10.8. The Morgan fingerprint density at radius 2 is 1.71 bits per heavy atom. The lowest BCUT2D eigenvalue weighted by Crippen LogP contribution is -2.25. The summed E-state index contributed by atoms with van der Waals surface area (Å²) in [5.41, 5.74) is 2.36. The molecule has 7 heteroatoms. The van der Waals surface area contributed by atoms with Crippen LogP contribution in [0.3, 0.4) is 0 Å². The number of nitrogens with one attached hydrogen (secondary N) is 3. The third kappa shape index (κ3) is 4.62. The van der Waals surface area contributed by atoms with Gasteiger partial charge in [0, 0.05) is 27.9 Å². The van der Waals surface area contributed by atoms with Crippen molar-refractivity contribution in [2.24, 2.45) is 0 Å². The Bertz CT molecular complexity index is 1240. The van der Waals surface area contributed by atoms with Gasteiger partial charge in [-0.2, -0.15) is 0 Å². The Kier molecular flexibility index (Phi) is 6.04. The number of benzene rings is 3. The fourth-order valence-corrected chi connectivity index (χ4v) is 3.66. The number of hydrogen-bond donors (Lipinski definition) is 3. The Hall–Kier alpha value is -3.58. The van der Waals surface area contributed by atoms with E-state index in [2.05, 4.69) is 15.6 Å². The second-order valence-electron chi connectivity index (χ2n) is 6.92. The zero-order valence-electron chi connectivity index (χ0n) is 16.7. The van der Waals surface area contributed by atoms with Crippen molar-refractivity contribution in [1.82, 2.24) is 10.3 Å². The van der Waals surface area contributed by atoms with Crippen molar-refractivity contribution < 1.29 is 14.0 Å². The highest BCUT2D eigenvalue weighted by atomic mass is 32.2. The van der Waals surface area contributed by atoms with Gasteiger partial charge in [0.25, 0.3) is 11.8 Å². The first kappa shape index (κ1) is 20.7. The molecule has 2 amide bonds. The number of H-pyrrole nitrogens is 1. The first-order valence-electron chi connectivity index (χ1n) is 9.64. The molecule has 0 fully saturated rings. The zero-order chi connectivity index (χ0) is 21.8. The third-order valence-corrected chi connectivity index (χ3v) is 5.62. The summed E-state index contributed by atoms with van der Waals surface area (Å²) in [6.07, 6.45) is 2.00. The van der Waals surface area contributed by atoms with Crippen LogP contribution in [0.25, 0.3) is 10.9 Å². The van der Waals surface area contributed by atoms with Gasteiger partial charge in [0.2, 0.25) is 0 Å². The lowest BCUT2D eigenvalue weighted by molar-refractivity contribution is 0.0947. The number of thioether (sulfide) groups is 1. The summed E-state index contributed by atoms with van der Waals surface area (Å²) < 4.78 is 13.9. The molecule has 0 unspecified atom stereocenters. The number of halogens is 1. The van der Waals surface area contributed by atoms with E-state index in [1.54, 1.807) is 42.1 Å². The van der Waals surface area contributed by atoms with E-state index in [-0.39, 0.29) is 17.3 Å². The predicted octanol–water partition coefficient (Wildman–Crippen LogP) is 5.21. The monoisotopic (exact) mass is 433 g/mol. The third-order valence-electron chi connectivity index (χ3n) is 4.87. The van der Waals surface area contributed by atoms with Crippen LogP contribution in [0.5, 0.6) is 0 Å². The maximum atomic E-state index is 13.9. The van der Waals surface area contributed by atoms with E-state index in [1.807, 2.05) is 36.6 Å². The van der Waals surface area contributed by atoms with Crippen molar-refractivity contribution in [3.8, 4) is 0 Å². The molecule has 0 aliphatic carbocycles. The van der Waals surface area contributed by atoms with E-state index in [1.165, 1.54) is 12.1 Å². The number of aromatic amines is 1. The molecule has 31 heavy (non-hydrogen) atoms. The molecular weight excluding hydrogens is 413 g/mol. The van der Waals surface area contributed by atoms with Gasteiger partial charge in [-0.1, -0.05) is 30.3 Å². The Morgan fingerprint density at radius 1 is 0.968 bits per heavy atom. The number of hydrogen-bond acceptors (Lipinski definition) is 3. The number of rotatable bonds is 6. The number of fused-ring (bicyclic) bond motifs is 1. The van der Waals surface area contributed by atoms with Gasteiger partial charge in [0.05, 0.1) is 5.69 Å². The summed E-state index contributed by atoms with van der Waals surface area (Å²) in [5, 5.41) is 6.06. The van der Waals surface area contributed by atoms with Crippen LogP contribution in [0.4, 0.5) is 10.1 Å². The summed E-state index contributed by atoms with van der Waals surface area (Å²) in [7, 11) is 0. The number of anilines is 1. The van der Waals surface area contributed by atoms with Crippen LogP contribution in [-0.4, -0.2) is 23.1 Å². The largest absolute Gasteiger partial charge is 0.349 e. The molecule has 4 aromatic rings. The molecule has 1 aromatic heterocycles. The zero-order valence-corrected chi connectivity index (χ0v) is 17.6. The van der Waals surface area contributed by atoms with Gasteiger partial charge in [-0.05, 0) is 54.3 Å². The summed E-state index contributed by atoms with van der Waals surface area (Å²) in [4.78, 5) is 29.8. The van der Waals surface area contributed by atoms with Gasteiger partial charge in [-0.3, -0.25) is 9.59 Å². The van der Waals surface area contributed by atoms with Crippen LogP contribution in [0.1, 0.15) is 26.4 Å². The SMILES string of the molecule is CSc1ccc(CNC(=O)c2[nH]c3ccc(F)cc3c2NC(=O)c2ccccc2)cc1. The second-order valence-corrected chi connectivity index (χ2v) is 7.80. The molecule has 0 aliphatic rings. The number of carbonyl (C=O) groups is 2. The summed E-state index contributed by atoms with van der Waals surface area (Å²) in [6.45, 7) is 0.323. The van der Waals surface area contributed by atoms with Crippen molar-refractivity contribution in [3.63, 3.8) is 0 Å². The maximum absolute atomic E-state index is 13.9. The van der Waals surface area contributed by atoms with Crippen molar-refractivity contribution in [3.05, 3.63) is 95.4 Å². The number of amides is 2. The van der Waals surface area contributed by atoms with Crippen LogP contribution in [0.15, 0.2) is 77.7 Å². The fraction of sp³-hybridized carbons (Fsp3) is 0.0833. The molecule has 5 nitrogen and oxygen atoms in total. The minimum absolute atomic E-state index is 0.172. The second kappa shape index (κ2) is 9.06. The summed E-state index contributed by atoms with van der Waals surface area (Å²) in [6, 6.07) is 20.7. The topological polar surface area (TPSA) is 74.0 Å². The van der Waals surface area contributed by atoms with Gasteiger partial charge < -0.3 is 15.6 Å². The van der Waals surface area contributed by atoms with E-state index in [0.717, 1.165) is 10.5 Å². The maximum Gasteiger partial charge on any atom is 0.270 e. The summed E-state index contributed by atoms with van der Waals surface area (Å²) in [5.74, 6) is -1.23. The highest BCUT2D eigenvalue weighted by molar-refractivity contribution is 7.98. The molecule has 0 spiro atoms. The molecule has 0 aliphatic heterocycles. The quantitative estimate of drug-likeness (QED) is 0.366. The van der Waals surface area contributed by atoms with Crippen LogP contribution >= 0.6 is 11.8 Å². The Balaban J connectivity index is 1.62. The van der Waals surface area contributed by atoms with Crippen molar-refractivity contribution >= 4 is 40.2 Å². The first-order chi connectivity index (χ1) is 15.0. The van der Waals surface area contributed by atoms with Crippen LogP contribution in [0, 0.1) is 5.82 Å². The van der Waals surface area contributed by atoms with Gasteiger partial charge in [0.15, 0.2) is 0 Å². The van der Waals surface area contributed by atoms with E-state index in [4.69, 9.17) is 0 Å². The van der Waals surface area contributed by atoms with Gasteiger partial charge in [-0.15, -0.1) is 11.8 Å². The molecule has 3 aromatic carbocycles. The van der Waals surface area contributed by atoms with Crippen LogP contribution in [0.2, 0.25) is 0 Å². The van der Waals surface area contributed by atoms with Crippen molar-refractivity contribution in [2.45, 2.75) is 11.4 Å². The van der Waals surface area contributed by atoms with E-state index in [9.17, 15) is 14.0 Å². The standard InChI is InChI=1S/C24H20FN3O2S/c1-31-18-10-7-15(8-11-18)14-26-24(30)22-21(19-13-17(25)9-12-20(19)27-22)28-23(29)16-5-3-2-4-6-16/h2-13,27H,14H2,1H3,(H,26,30)(H,28,29). The molecule has 0 radical (unpaired) electrons. The molecule has 0 saturated carbocycles. The highest BCUT2D eigenvalue weighted by Gasteiger charge is 2.20. The van der Waals surface area contributed by atoms with E-state index in [0.29, 0.717) is 23.0 Å². The lowest BCUT2D eigenvalue weighted by Gasteiger charge is -2.09. The van der Waals surface area contributed by atoms with Gasteiger partial charge in [-0.25, -0.2) is 4.39 Å². The molecule has 1 heterocycles. The minimum atomic E-state index is -0.456. The predicted molar refractivity (Wildman–Crippen MR) is 122 cm³/mol. The molecule has 156 valence electrons. The van der Waals surface area contributed by atoms with Crippen molar-refractivity contribution in [2.75, 3.05) is 11.6 Å². The average Bonchev–Trinajstić information content (AvgIpc) is 3.16. The molecular formula is C24H20FN3O2S. The first-order valence-corrected chi connectivity index (χ1v) is 10.9. The fourth-order valence-electron chi connectivity index (χ4n) is 3.25. The van der Waals surface area contributed by atoms with E-state index < -0.39 is 11.7 Å². The van der Waals surface area contributed by atoms with Crippen molar-refractivity contribution in [1.29, 1.82) is 0 Å². The van der Waals surface area contributed by atoms with Crippen LogP contribution < -0.4 is 10.6 Å². The smallest absolute Gasteiger partial charge is 0.270 e. The highest BCUT2D eigenvalue weighted by Crippen LogP contribution is 2.29. The minimum Gasteiger partial charge on any atom is -0.349 e. The average molecular weight is 434 g/mol. The Labute approximate surface area is 183 Å². The van der Waals surface area contributed by atoms with E-state index >= 15 is 0 Å². The summed E-state index contributed by atoms with van der Waals surface area (Å²) >= 11 is 1.64. The molecule has 0 saturated heterocycles.